The number of hydrogen-bond donors (Lipinski definition) is 2. The van der Waals surface area contributed by atoms with Crippen molar-refractivity contribution in [2.45, 2.75) is 37.8 Å². The SMILES string of the molecule is COc1nc(N(C)C)sc1CNC1(CO)CCCC1. The van der Waals surface area contributed by atoms with Crippen LogP contribution in [0.3, 0.4) is 0 Å². The summed E-state index contributed by atoms with van der Waals surface area (Å²) in [6, 6.07) is 0. The summed E-state index contributed by atoms with van der Waals surface area (Å²) in [4.78, 5) is 7.51. The number of aromatic nitrogens is 1. The predicted molar refractivity (Wildman–Crippen MR) is 78.1 cm³/mol. The highest BCUT2D eigenvalue weighted by atomic mass is 32.1. The summed E-state index contributed by atoms with van der Waals surface area (Å²) in [7, 11) is 5.60. The van der Waals surface area contributed by atoms with E-state index in [0.717, 1.165) is 22.9 Å². The second kappa shape index (κ2) is 6.07. The average Bonchev–Trinajstić information content (AvgIpc) is 3.03. The van der Waals surface area contributed by atoms with E-state index in [9.17, 15) is 5.11 Å². The van der Waals surface area contributed by atoms with Crippen LogP contribution >= 0.6 is 11.3 Å². The molecule has 19 heavy (non-hydrogen) atoms. The topological polar surface area (TPSA) is 57.6 Å². The minimum Gasteiger partial charge on any atom is -0.480 e. The first-order valence-electron chi connectivity index (χ1n) is 6.67. The van der Waals surface area contributed by atoms with Crippen LogP contribution in [-0.4, -0.2) is 43.4 Å². The number of aliphatic hydroxyl groups excluding tert-OH is 1. The molecule has 0 saturated heterocycles. The van der Waals surface area contributed by atoms with Gasteiger partial charge in [0.15, 0.2) is 5.13 Å². The maximum Gasteiger partial charge on any atom is 0.230 e. The molecule has 0 unspecified atom stereocenters. The lowest BCUT2D eigenvalue weighted by molar-refractivity contribution is 0.163. The third kappa shape index (κ3) is 3.19. The lowest BCUT2D eigenvalue weighted by Crippen LogP contribution is -2.45. The van der Waals surface area contributed by atoms with Gasteiger partial charge >= 0.3 is 0 Å². The minimum atomic E-state index is -0.104. The van der Waals surface area contributed by atoms with E-state index < -0.39 is 0 Å². The van der Waals surface area contributed by atoms with Crippen molar-refractivity contribution in [3.8, 4) is 5.88 Å². The van der Waals surface area contributed by atoms with Gasteiger partial charge in [0.25, 0.3) is 0 Å². The highest BCUT2D eigenvalue weighted by molar-refractivity contribution is 7.15. The molecule has 108 valence electrons. The van der Waals surface area contributed by atoms with Crippen molar-refractivity contribution in [2.24, 2.45) is 0 Å². The molecule has 6 heteroatoms. The van der Waals surface area contributed by atoms with Crippen molar-refractivity contribution in [1.29, 1.82) is 0 Å². The standard InChI is InChI=1S/C13H23N3O2S/c1-16(2)12-15-11(18-3)10(19-12)8-14-13(9-17)6-4-5-7-13/h14,17H,4-9H2,1-3H3. The van der Waals surface area contributed by atoms with E-state index in [1.807, 2.05) is 19.0 Å². The molecule has 1 aliphatic rings. The predicted octanol–water partition coefficient (Wildman–Crippen LogP) is 1.61. The molecular weight excluding hydrogens is 262 g/mol. The molecule has 0 aliphatic heterocycles. The minimum absolute atomic E-state index is 0.104. The Bertz CT molecular complexity index is 414. The Labute approximate surface area is 118 Å². The number of hydrogen-bond acceptors (Lipinski definition) is 6. The van der Waals surface area contributed by atoms with Crippen LogP contribution < -0.4 is 15.0 Å². The molecule has 0 atom stereocenters. The Balaban J connectivity index is 2.06. The number of nitrogens with one attached hydrogen (secondary N) is 1. The van der Waals surface area contributed by atoms with Crippen molar-refractivity contribution in [1.82, 2.24) is 10.3 Å². The highest BCUT2D eigenvalue weighted by Gasteiger charge is 2.33. The summed E-state index contributed by atoms with van der Waals surface area (Å²) in [6.45, 7) is 0.907. The third-order valence-corrected chi connectivity index (χ3v) is 4.92. The molecular formula is C13H23N3O2S. The van der Waals surface area contributed by atoms with Crippen LogP contribution in [0.25, 0.3) is 0 Å². The maximum absolute atomic E-state index is 9.60. The molecule has 0 amide bonds. The summed E-state index contributed by atoms with van der Waals surface area (Å²) in [5.41, 5.74) is -0.104. The average molecular weight is 285 g/mol. The van der Waals surface area contributed by atoms with E-state index in [1.165, 1.54) is 12.8 Å². The fraction of sp³-hybridized carbons (Fsp3) is 0.769. The van der Waals surface area contributed by atoms with Crippen molar-refractivity contribution < 1.29 is 9.84 Å². The highest BCUT2D eigenvalue weighted by Crippen LogP contribution is 2.33. The summed E-state index contributed by atoms with van der Waals surface area (Å²) in [6.07, 6.45) is 4.48. The first-order chi connectivity index (χ1) is 9.10. The van der Waals surface area contributed by atoms with Crippen LogP contribution in [0, 0.1) is 0 Å². The van der Waals surface area contributed by atoms with E-state index >= 15 is 0 Å². The first kappa shape index (κ1) is 14.6. The lowest BCUT2D eigenvalue weighted by atomic mass is 9.99. The summed E-state index contributed by atoms with van der Waals surface area (Å²) in [5.74, 6) is 0.687. The summed E-state index contributed by atoms with van der Waals surface area (Å²) >= 11 is 1.63. The van der Waals surface area contributed by atoms with Gasteiger partial charge in [-0.2, -0.15) is 4.98 Å². The fourth-order valence-electron chi connectivity index (χ4n) is 2.50. The third-order valence-electron chi connectivity index (χ3n) is 3.71. The maximum atomic E-state index is 9.60. The van der Waals surface area contributed by atoms with Gasteiger partial charge in [0.2, 0.25) is 5.88 Å². The summed E-state index contributed by atoms with van der Waals surface area (Å²) in [5, 5.41) is 14.1. The van der Waals surface area contributed by atoms with Gasteiger partial charge in [-0.15, -0.1) is 0 Å². The molecule has 1 aromatic heterocycles. The molecule has 1 saturated carbocycles. The zero-order valence-electron chi connectivity index (χ0n) is 11.9. The molecule has 2 rings (SSSR count). The van der Waals surface area contributed by atoms with Gasteiger partial charge in [0.1, 0.15) is 0 Å². The number of thiazole rings is 1. The van der Waals surface area contributed by atoms with Gasteiger partial charge in [0.05, 0.1) is 18.6 Å². The second-order valence-electron chi connectivity index (χ2n) is 5.32. The Morgan fingerprint density at radius 1 is 1.42 bits per heavy atom. The molecule has 0 aromatic carbocycles. The molecule has 1 fully saturated rings. The molecule has 0 spiro atoms. The number of anilines is 1. The number of ether oxygens (including phenoxy) is 1. The van der Waals surface area contributed by atoms with Gasteiger partial charge in [-0.3, -0.25) is 0 Å². The number of methoxy groups -OCH3 is 1. The Kier molecular flexibility index (Phi) is 4.65. The van der Waals surface area contributed by atoms with Crippen molar-refractivity contribution in [3.63, 3.8) is 0 Å². The molecule has 1 aromatic rings. The molecule has 5 nitrogen and oxygen atoms in total. The molecule has 1 heterocycles. The van der Waals surface area contributed by atoms with Crippen LogP contribution in [0.5, 0.6) is 5.88 Å². The number of rotatable bonds is 6. The van der Waals surface area contributed by atoms with Crippen molar-refractivity contribution >= 4 is 16.5 Å². The molecule has 1 aliphatic carbocycles. The number of aliphatic hydroxyl groups is 1. The molecule has 0 radical (unpaired) electrons. The summed E-state index contributed by atoms with van der Waals surface area (Å²) < 4.78 is 5.33. The largest absolute Gasteiger partial charge is 0.480 e. The van der Waals surface area contributed by atoms with E-state index in [2.05, 4.69) is 10.3 Å². The van der Waals surface area contributed by atoms with Crippen molar-refractivity contribution in [2.75, 3.05) is 32.7 Å². The van der Waals surface area contributed by atoms with Crippen molar-refractivity contribution in [3.05, 3.63) is 4.88 Å². The Hall–Kier alpha value is -0.850. The Morgan fingerprint density at radius 2 is 2.11 bits per heavy atom. The normalized spacial score (nSPS) is 17.7. The van der Waals surface area contributed by atoms with Crippen LogP contribution in [0.1, 0.15) is 30.6 Å². The smallest absolute Gasteiger partial charge is 0.230 e. The van der Waals surface area contributed by atoms with E-state index in [-0.39, 0.29) is 12.1 Å². The van der Waals surface area contributed by atoms with E-state index in [0.29, 0.717) is 12.4 Å². The van der Waals surface area contributed by atoms with Crippen LogP contribution in [0.4, 0.5) is 5.13 Å². The zero-order valence-corrected chi connectivity index (χ0v) is 12.7. The van der Waals surface area contributed by atoms with Gasteiger partial charge < -0.3 is 20.1 Å². The van der Waals surface area contributed by atoms with Gasteiger partial charge in [-0.25, -0.2) is 0 Å². The van der Waals surface area contributed by atoms with Gasteiger partial charge in [-0.1, -0.05) is 24.2 Å². The first-order valence-corrected chi connectivity index (χ1v) is 7.49. The van der Waals surface area contributed by atoms with Crippen LogP contribution in [-0.2, 0) is 6.54 Å². The van der Waals surface area contributed by atoms with Crippen LogP contribution in [0.2, 0.25) is 0 Å². The monoisotopic (exact) mass is 285 g/mol. The van der Waals surface area contributed by atoms with Gasteiger partial charge in [0, 0.05) is 26.2 Å². The van der Waals surface area contributed by atoms with E-state index in [1.54, 1.807) is 18.4 Å². The van der Waals surface area contributed by atoms with E-state index in [4.69, 9.17) is 4.74 Å². The van der Waals surface area contributed by atoms with Gasteiger partial charge in [-0.05, 0) is 12.8 Å². The fourth-order valence-corrected chi connectivity index (χ4v) is 3.39. The lowest BCUT2D eigenvalue weighted by Gasteiger charge is -2.27. The number of nitrogens with zero attached hydrogens (tertiary/aromatic N) is 2. The Morgan fingerprint density at radius 3 is 2.63 bits per heavy atom. The molecule has 0 bridgehead atoms. The molecule has 2 N–H and O–H groups in total. The zero-order chi connectivity index (χ0) is 13.9. The second-order valence-corrected chi connectivity index (χ2v) is 6.38. The van der Waals surface area contributed by atoms with Crippen LogP contribution in [0.15, 0.2) is 0 Å². The quantitative estimate of drug-likeness (QED) is 0.831.